The van der Waals surface area contributed by atoms with Crippen LogP contribution in [0.2, 0.25) is 0 Å². The van der Waals surface area contributed by atoms with Crippen LogP contribution in [0.5, 0.6) is 0 Å². The van der Waals surface area contributed by atoms with Gasteiger partial charge in [-0.1, -0.05) is 18.2 Å². The van der Waals surface area contributed by atoms with E-state index in [9.17, 15) is 9.59 Å². The summed E-state index contributed by atoms with van der Waals surface area (Å²) >= 11 is 0. The molecule has 0 aliphatic carbocycles. The Balaban J connectivity index is 1.43. The molecule has 4 rings (SSSR count). The lowest BCUT2D eigenvalue weighted by atomic mass is 9.73. The Morgan fingerprint density at radius 3 is 2.46 bits per heavy atom. The summed E-state index contributed by atoms with van der Waals surface area (Å²) in [5.74, 6) is 0.159. The lowest BCUT2D eigenvalue weighted by molar-refractivity contribution is -0.123. The summed E-state index contributed by atoms with van der Waals surface area (Å²) in [6.45, 7) is 8.34. The maximum absolute atomic E-state index is 12.8. The van der Waals surface area contributed by atoms with Gasteiger partial charge in [0.1, 0.15) is 0 Å². The van der Waals surface area contributed by atoms with Crippen molar-refractivity contribution < 1.29 is 14.3 Å². The minimum Gasteiger partial charge on any atom is -0.450 e. The van der Waals surface area contributed by atoms with Crippen LogP contribution >= 0.6 is 0 Å². The molecule has 2 atom stereocenters. The van der Waals surface area contributed by atoms with Crippen LogP contribution in [0.15, 0.2) is 24.3 Å². The van der Waals surface area contributed by atoms with Crippen molar-refractivity contribution in [2.75, 3.05) is 25.0 Å². The Labute approximate surface area is 167 Å². The van der Waals surface area contributed by atoms with Gasteiger partial charge in [-0.15, -0.1) is 0 Å². The van der Waals surface area contributed by atoms with E-state index in [4.69, 9.17) is 4.74 Å². The number of rotatable bonds is 2. The fourth-order valence-corrected chi connectivity index (χ4v) is 5.54. The number of piperidine rings is 2. The SMILES string of the molecule is CCOC(=O)N1C(C)CC(N2CCC3(CC2)C(=O)Nc2ccccc23)CC1C. The van der Waals surface area contributed by atoms with Crippen molar-refractivity contribution in [2.45, 2.75) is 70.0 Å². The lowest BCUT2D eigenvalue weighted by Gasteiger charge is -2.48. The van der Waals surface area contributed by atoms with Crippen molar-refractivity contribution in [3.8, 4) is 0 Å². The smallest absolute Gasteiger partial charge is 0.410 e. The Morgan fingerprint density at radius 1 is 1.18 bits per heavy atom. The van der Waals surface area contributed by atoms with E-state index in [0.717, 1.165) is 44.5 Å². The summed E-state index contributed by atoms with van der Waals surface area (Å²) in [5.41, 5.74) is 1.78. The number of para-hydroxylation sites is 1. The third-order valence-corrected chi connectivity index (χ3v) is 6.95. The molecule has 0 aromatic heterocycles. The zero-order valence-electron chi connectivity index (χ0n) is 17.1. The van der Waals surface area contributed by atoms with Gasteiger partial charge in [0, 0.05) is 23.8 Å². The third-order valence-electron chi connectivity index (χ3n) is 6.95. The van der Waals surface area contributed by atoms with Crippen molar-refractivity contribution in [2.24, 2.45) is 0 Å². The van der Waals surface area contributed by atoms with E-state index in [0.29, 0.717) is 12.6 Å². The molecule has 152 valence electrons. The van der Waals surface area contributed by atoms with Crippen LogP contribution in [-0.4, -0.2) is 59.6 Å². The monoisotopic (exact) mass is 385 g/mol. The number of carbonyl (C=O) groups is 2. The molecule has 1 aromatic carbocycles. The Hall–Kier alpha value is -2.08. The van der Waals surface area contributed by atoms with Crippen molar-refractivity contribution in [3.63, 3.8) is 0 Å². The van der Waals surface area contributed by atoms with Crippen molar-refractivity contribution in [1.29, 1.82) is 0 Å². The summed E-state index contributed by atoms with van der Waals surface area (Å²) in [7, 11) is 0. The number of fused-ring (bicyclic) bond motifs is 2. The third kappa shape index (κ3) is 3.08. The minimum absolute atomic E-state index is 0.159. The van der Waals surface area contributed by atoms with Gasteiger partial charge < -0.3 is 19.9 Å². The van der Waals surface area contributed by atoms with Crippen LogP contribution < -0.4 is 5.32 Å². The van der Waals surface area contributed by atoms with Gasteiger partial charge in [-0.05, 0) is 71.2 Å². The average Bonchev–Trinajstić information content (AvgIpc) is 2.94. The van der Waals surface area contributed by atoms with E-state index >= 15 is 0 Å². The zero-order chi connectivity index (χ0) is 19.9. The molecule has 3 aliphatic heterocycles. The Bertz CT molecular complexity index is 745. The molecule has 0 radical (unpaired) electrons. The van der Waals surface area contributed by atoms with E-state index in [1.807, 2.05) is 30.0 Å². The maximum atomic E-state index is 12.8. The van der Waals surface area contributed by atoms with Gasteiger partial charge in [0.25, 0.3) is 0 Å². The van der Waals surface area contributed by atoms with Gasteiger partial charge in [-0.25, -0.2) is 4.79 Å². The normalized spacial score (nSPS) is 29.5. The van der Waals surface area contributed by atoms with Crippen LogP contribution in [0.3, 0.4) is 0 Å². The molecular formula is C22H31N3O3. The first-order valence-corrected chi connectivity index (χ1v) is 10.6. The molecule has 0 saturated carbocycles. The highest BCUT2D eigenvalue weighted by atomic mass is 16.6. The van der Waals surface area contributed by atoms with Crippen LogP contribution in [-0.2, 0) is 14.9 Å². The molecule has 1 N–H and O–H groups in total. The molecule has 28 heavy (non-hydrogen) atoms. The van der Waals surface area contributed by atoms with Crippen LogP contribution in [0.25, 0.3) is 0 Å². The minimum atomic E-state index is -0.365. The number of likely N-dealkylation sites (tertiary alicyclic amines) is 2. The quantitative estimate of drug-likeness (QED) is 0.848. The number of ether oxygens (including phenoxy) is 1. The summed E-state index contributed by atoms with van der Waals surface area (Å²) < 4.78 is 5.24. The van der Waals surface area contributed by atoms with E-state index < -0.39 is 0 Å². The van der Waals surface area contributed by atoms with Crippen LogP contribution in [0, 0.1) is 0 Å². The molecule has 3 heterocycles. The predicted octanol–water partition coefficient (Wildman–Crippen LogP) is 3.37. The fraction of sp³-hybridized carbons (Fsp3) is 0.636. The zero-order valence-corrected chi connectivity index (χ0v) is 17.1. The molecule has 6 heteroatoms. The van der Waals surface area contributed by atoms with E-state index in [-0.39, 0.29) is 29.5 Å². The Kier molecular flexibility index (Phi) is 5.08. The first-order valence-electron chi connectivity index (χ1n) is 10.6. The molecule has 1 aromatic rings. The predicted molar refractivity (Wildman–Crippen MR) is 108 cm³/mol. The largest absolute Gasteiger partial charge is 0.450 e. The van der Waals surface area contributed by atoms with Gasteiger partial charge in [0.15, 0.2) is 0 Å². The van der Waals surface area contributed by atoms with E-state index in [1.165, 1.54) is 5.56 Å². The standard InChI is InChI=1S/C22H31N3O3/c1-4-28-21(27)25-15(2)13-17(14-16(25)3)24-11-9-22(10-12-24)18-7-5-6-8-19(18)23-20(22)26/h5-8,15-17H,4,9-14H2,1-3H3,(H,23,26). The summed E-state index contributed by atoms with van der Waals surface area (Å²) in [6.07, 6.45) is 3.43. The first kappa shape index (κ1) is 19.2. The Morgan fingerprint density at radius 2 is 1.82 bits per heavy atom. The van der Waals surface area contributed by atoms with Crippen molar-refractivity contribution in [3.05, 3.63) is 29.8 Å². The number of nitrogens with one attached hydrogen (secondary N) is 1. The molecule has 3 aliphatic rings. The highest BCUT2D eigenvalue weighted by molar-refractivity contribution is 6.06. The summed E-state index contributed by atoms with van der Waals surface area (Å²) in [5, 5.41) is 3.08. The molecule has 2 amide bonds. The van der Waals surface area contributed by atoms with Crippen LogP contribution in [0.1, 0.15) is 52.0 Å². The maximum Gasteiger partial charge on any atom is 0.410 e. The first-order chi connectivity index (χ1) is 13.5. The summed E-state index contributed by atoms with van der Waals surface area (Å²) in [4.78, 5) is 29.5. The molecule has 0 bridgehead atoms. The fourth-order valence-electron chi connectivity index (χ4n) is 5.54. The van der Waals surface area contributed by atoms with Crippen LogP contribution in [0.4, 0.5) is 10.5 Å². The van der Waals surface area contributed by atoms with E-state index in [2.05, 4.69) is 30.1 Å². The molecular weight excluding hydrogens is 354 g/mol. The molecule has 2 unspecified atom stereocenters. The van der Waals surface area contributed by atoms with Gasteiger partial charge >= 0.3 is 6.09 Å². The number of nitrogens with zero attached hydrogens (tertiary/aromatic N) is 2. The number of anilines is 1. The second-order valence-electron chi connectivity index (χ2n) is 8.55. The molecule has 6 nitrogen and oxygen atoms in total. The van der Waals surface area contributed by atoms with Gasteiger partial charge in [-0.3, -0.25) is 4.79 Å². The number of amides is 2. The molecule has 1 spiro atoms. The number of hydrogen-bond acceptors (Lipinski definition) is 4. The number of benzene rings is 1. The van der Waals surface area contributed by atoms with Gasteiger partial charge in [0.05, 0.1) is 12.0 Å². The summed E-state index contributed by atoms with van der Waals surface area (Å²) in [6, 6.07) is 8.90. The topological polar surface area (TPSA) is 61.9 Å². The second-order valence-corrected chi connectivity index (χ2v) is 8.55. The second kappa shape index (κ2) is 7.39. The number of hydrogen-bond donors (Lipinski definition) is 1. The highest BCUT2D eigenvalue weighted by Gasteiger charge is 2.49. The van der Waals surface area contributed by atoms with Crippen molar-refractivity contribution >= 4 is 17.7 Å². The highest BCUT2D eigenvalue weighted by Crippen LogP contribution is 2.45. The van der Waals surface area contributed by atoms with Gasteiger partial charge in [-0.2, -0.15) is 0 Å². The molecule has 2 saturated heterocycles. The lowest BCUT2D eigenvalue weighted by Crippen LogP contribution is -2.57. The van der Waals surface area contributed by atoms with Gasteiger partial charge in [0.2, 0.25) is 5.91 Å². The number of carbonyl (C=O) groups excluding carboxylic acids is 2. The van der Waals surface area contributed by atoms with E-state index in [1.54, 1.807) is 0 Å². The average molecular weight is 386 g/mol. The van der Waals surface area contributed by atoms with Crippen molar-refractivity contribution in [1.82, 2.24) is 9.80 Å². The molecule has 2 fully saturated rings.